The van der Waals surface area contributed by atoms with Crippen molar-refractivity contribution in [1.82, 2.24) is 20.4 Å². The van der Waals surface area contributed by atoms with Crippen molar-refractivity contribution in [2.24, 2.45) is 4.99 Å². The van der Waals surface area contributed by atoms with Gasteiger partial charge < -0.3 is 15.5 Å². The molecule has 23 heavy (non-hydrogen) atoms. The Hall–Kier alpha value is -0.570. The van der Waals surface area contributed by atoms with E-state index in [0.29, 0.717) is 6.04 Å². The van der Waals surface area contributed by atoms with Crippen LogP contribution in [0.25, 0.3) is 0 Å². The van der Waals surface area contributed by atoms with Gasteiger partial charge in [0.1, 0.15) is 0 Å². The van der Waals surface area contributed by atoms with Gasteiger partial charge in [0, 0.05) is 40.3 Å². The van der Waals surface area contributed by atoms with Gasteiger partial charge in [0.15, 0.2) is 5.96 Å². The van der Waals surface area contributed by atoms with Gasteiger partial charge in [-0.1, -0.05) is 6.92 Å². The quantitative estimate of drug-likeness (QED) is 0.273. The Morgan fingerprint density at radius 3 is 2.70 bits per heavy atom. The Balaban J connectivity index is 0.00000484. The second-order valence-electron chi connectivity index (χ2n) is 6.23. The van der Waals surface area contributed by atoms with Crippen LogP contribution in [0.2, 0.25) is 0 Å². The van der Waals surface area contributed by atoms with E-state index >= 15 is 0 Å². The first kappa shape index (κ1) is 22.4. The summed E-state index contributed by atoms with van der Waals surface area (Å²) in [6.07, 6.45) is 4.19. The van der Waals surface area contributed by atoms with Crippen LogP contribution in [0.1, 0.15) is 39.5 Å². The molecule has 2 unspecified atom stereocenters. The number of likely N-dealkylation sites (tertiary alicyclic amines) is 1. The fourth-order valence-corrected chi connectivity index (χ4v) is 2.69. The average molecular weight is 439 g/mol. The number of guanidine groups is 1. The van der Waals surface area contributed by atoms with Crippen LogP contribution in [0.5, 0.6) is 0 Å². The van der Waals surface area contributed by atoms with Crippen molar-refractivity contribution >= 4 is 35.8 Å². The van der Waals surface area contributed by atoms with Gasteiger partial charge in [-0.05, 0) is 39.2 Å². The summed E-state index contributed by atoms with van der Waals surface area (Å²) in [6, 6.07) is 0.499. The molecule has 1 amide bonds. The molecule has 0 aromatic rings. The van der Waals surface area contributed by atoms with E-state index in [1.807, 2.05) is 14.1 Å². The SMILES string of the molecule is CCC(C)NC(=NC)NCCCN1CCCC1C(=O)N(C)C.I. The minimum absolute atomic E-state index is 0. The number of rotatable bonds is 7. The molecule has 0 bridgehead atoms. The fraction of sp³-hybridized carbons (Fsp3) is 0.875. The molecule has 2 atom stereocenters. The summed E-state index contributed by atoms with van der Waals surface area (Å²) in [7, 11) is 5.47. The first-order chi connectivity index (χ1) is 10.5. The van der Waals surface area contributed by atoms with Crippen molar-refractivity contribution in [3.8, 4) is 0 Å². The summed E-state index contributed by atoms with van der Waals surface area (Å²) in [4.78, 5) is 20.4. The molecule has 0 aliphatic carbocycles. The van der Waals surface area contributed by atoms with Crippen LogP contribution < -0.4 is 10.6 Å². The van der Waals surface area contributed by atoms with E-state index < -0.39 is 0 Å². The van der Waals surface area contributed by atoms with Gasteiger partial charge in [0.05, 0.1) is 6.04 Å². The lowest BCUT2D eigenvalue weighted by molar-refractivity contribution is -0.133. The van der Waals surface area contributed by atoms with Crippen LogP contribution in [-0.2, 0) is 4.79 Å². The van der Waals surface area contributed by atoms with Crippen molar-refractivity contribution in [3.05, 3.63) is 0 Å². The van der Waals surface area contributed by atoms with Crippen molar-refractivity contribution in [2.75, 3.05) is 40.8 Å². The van der Waals surface area contributed by atoms with Crippen molar-refractivity contribution in [2.45, 2.75) is 51.6 Å². The largest absolute Gasteiger partial charge is 0.356 e. The molecule has 0 radical (unpaired) electrons. The molecule has 1 rings (SSSR count). The van der Waals surface area contributed by atoms with Crippen molar-refractivity contribution in [1.29, 1.82) is 0 Å². The number of carbonyl (C=O) groups excluding carboxylic acids is 1. The number of nitrogens with zero attached hydrogens (tertiary/aromatic N) is 3. The molecule has 1 aliphatic heterocycles. The van der Waals surface area contributed by atoms with Gasteiger partial charge in [-0.3, -0.25) is 14.7 Å². The molecule has 136 valence electrons. The van der Waals surface area contributed by atoms with E-state index in [0.717, 1.165) is 51.3 Å². The van der Waals surface area contributed by atoms with Gasteiger partial charge in [0.2, 0.25) is 5.91 Å². The number of amides is 1. The highest BCUT2D eigenvalue weighted by molar-refractivity contribution is 14.0. The topological polar surface area (TPSA) is 60.0 Å². The highest BCUT2D eigenvalue weighted by Crippen LogP contribution is 2.18. The van der Waals surface area contributed by atoms with Gasteiger partial charge in [-0.2, -0.15) is 0 Å². The summed E-state index contributed by atoms with van der Waals surface area (Å²) in [6.45, 7) is 7.16. The Bertz CT molecular complexity index is 375. The molecule has 0 aromatic carbocycles. The number of carbonyl (C=O) groups is 1. The summed E-state index contributed by atoms with van der Waals surface area (Å²) in [5.41, 5.74) is 0. The molecular formula is C16H34IN5O. The molecule has 1 fully saturated rings. The fourth-order valence-electron chi connectivity index (χ4n) is 2.69. The van der Waals surface area contributed by atoms with E-state index in [-0.39, 0.29) is 35.9 Å². The molecule has 1 saturated heterocycles. The summed E-state index contributed by atoms with van der Waals surface area (Å²) >= 11 is 0. The number of likely N-dealkylation sites (N-methyl/N-ethyl adjacent to an activating group) is 1. The first-order valence-corrected chi connectivity index (χ1v) is 8.42. The van der Waals surface area contributed by atoms with Crippen LogP contribution in [0.3, 0.4) is 0 Å². The highest BCUT2D eigenvalue weighted by atomic mass is 127. The average Bonchev–Trinajstić information content (AvgIpc) is 2.97. The third-order valence-corrected chi connectivity index (χ3v) is 4.22. The predicted molar refractivity (Wildman–Crippen MR) is 108 cm³/mol. The van der Waals surface area contributed by atoms with E-state index in [4.69, 9.17) is 0 Å². The number of hydrogen-bond acceptors (Lipinski definition) is 3. The second kappa shape index (κ2) is 11.9. The molecule has 1 heterocycles. The highest BCUT2D eigenvalue weighted by Gasteiger charge is 2.30. The normalized spacial score (nSPS) is 19.9. The Labute approximate surface area is 158 Å². The van der Waals surface area contributed by atoms with Crippen LogP contribution in [0.4, 0.5) is 0 Å². The molecule has 0 aromatic heterocycles. The lowest BCUT2D eigenvalue weighted by Gasteiger charge is -2.26. The first-order valence-electron chi connectivity index (χ1n) is 8.42. The zero-order valence-corrected chi connectivity index (χ0v) is 17.6. The number of aliphatic imine (C=N–C) groups is 1. The monoisotopic (exact) mass is 439 g/mol. The maximum absolute atomic E-state index is 12.1. The van der Waals surface area contributed by atoms with E-state index in [1.54, 1.807) is 11.9 Å². The predicted octanol–water partition coefficient (Wildman–Crippen LogP) is 1.51. The van der Waals surface area contributed by atoms with Gasteiger partial charge >= 0.3 is 0 Å². The maximum atomic E-state index is 12.1. The molecular weight excluding hydrogens is 405 g/mol. The van der Waals surface area contributed by atoms with Gasteiger partial charge in [-0.15, -0.1) is 24.0 Å². The van der Waals surface area contributed by atoms with Crippen molar-refractivity contribution in [3.63, 3.8) is 0 Å². The number of halogens is 1. The maximum Gasteiger partial charge on any atom is 0.239 e. The van der Waals surface area contributed by atoms with E-state index in [9.17, 15) is 4.79 Å². The Morgan fingerprint density at radius 1 is 1.43 bits per heavy atom. The number of nitrogens with one attached hydrogen (secondary N) is 2. The van der Waals surface area contributed by atoms with Gasteiger partial charge in [0.25, 0.3) is 0 Å². The molecule has 2 N–H and O–H groups in total. The van der Waals surface area contributed by atoms with Gasteiger partial charge in [-0.25, -0.2) is 0 Å². The zero-order chi connectivity index (χ0) is 16.5. The van der Waals surface area contributed by atoms with Crippen molar-refractivity contribution < 1.29 is 4.79 Å². The summed E-state index contributed by atoms with van der Waals surface area (Å²) < 4.78 is 0. The van der Waals surface area contributed by atoms with E-state index in [1.165, 1.54) is 0 Å². The standard InChI is InChI=1S/C16H33N5O.HI/c1-6-13(2)19-16(17-3)18-10-8-12-21-11-7-9-14(21)15(22)20(4)5;/h13-14H,6-12H2,1-5H3,(H2,17,18,19);1H. The number of hydrogen-bond donors (Lipinski definition) is 2. The Morgan fingerprint density at radius 2 is 2.13 bits per heavy atom. The smallest absolute Gasteiger partial charge is 0.239 e. The third-order valence-electron chi connectivity index (χ3n) is 4.22. The molecule has 1 aliphatic rings. The van der Waals surface area contributed by atoms with Crippen LogP contribution in [0, 0.1) is 0 Å². The van der Waals surface area contributed by atoms with Crippen LogP contribution in [0.15, 0.2) is 4.99 Å². The summed E-state index contributed by atoms with van der Waals surface area (Å²) in [5, 5.41) is 6.69. The summed E-state index contributed by atoms with van der Waals surface area (Å²) in [5.74, 6) is 1.09. The minimum atomic E-state index is 0. The molecule has 0 spiro atoms. The van der Waals surface area contributed by atoms with Crippen LogP contribution in [-0.4, -0.2) is 74.5 Å². The second-order valence-corrected chi connectivity index (χ2v) is 6.23. The van der Waals surface area contributed by atoms with Crippen LogP contribution >= 0.6 is 24.0 Å². The molecule has 6 nitrogen and oxygen atoms in total. The Kier molecular flexibility index (Phi) is 11.6. The molecule has 7 heteroatoms. The minimum Gasteiger partial charge on any atom is -0.356 e. The molecule has 0 saturated carbocycles. The van der Waals surface area contributed by atoms with E-state index in [2.05, 4.69) is 34.4 Å². The lowest BCUT2D eigenvalue weighted by Crippen LogP contribution is -2.45. The zero-order valence-electron chi connectivity index (χ0n) is 15.3. The lowest BCUT2D eigenvalue weighted by atomic mass is 10.2. The third kappa shape index (κ3) is 7.69.